The molecule has 0 radical (unpaired) electrons. The molecule has 1 atom stereocenters. The quantitative estimate of drug-likeness (QED) is 0.316. The van der Waals surface area contributed by atoms with Gasteiger partial charge in [0, 0.05) is 55.6 Å². The average molecular weight is 469 g/mol. The van der Waals surface area contributed by atoms with Crippen molar-refractivity contribution >= 4 is 37.9 Å². The molecule has 3 heterocycles. The number of aromatic nitrogens is 2. The first-order chi connectivity index (χ1) is 15.5. The van der Waals surface area contributed by atoms with Crippen LogP contribution in [0.5, 0.6) is 0 Å². The van der Waals surface area contributed by atoms with Crippen molar-refractivity contribution in [3.8, 4) is 11.1 Å². The molecule has 1 fully saturated rings. The SMILES string of the molecule is Cc1cn(P)c2ncc(-c3ccc(N4CCN(C(=O)OC(C)(C)C)CC4)c([N+](=O)[O-])c3)cc12. The number of rotatable bonds is 3. The number of nitro groups is 1. The summed E-state index contributed by atoms with van der Waals surface area (Å²) < 4.78 is 7.32. The van der Waals surface area contributed by atoms with Gasteiger partial charge in [-0.1, -0.05) is 6.07 Å². The van der Waals surface area contributed by atoms with E-state index in [0.717, 1.165) is 27.7 Å². The Hall–Kier alpha value is -3.19. The van der Waals surface area contributed by atoms with Crippen molar-refractivity contribution in [1.82, 2.24) is 14.2 Å². The van der Waals surface area contributed by atoms with E-state index in [1.807, 2.05) is 55.3 Å². The Morgan fingerprint density at radius 1 is 1.15 bits per heavy atom. The number of pyridine rings is 1. The van der Waals surface area contributed by atoms with Gasteiger partial charge in [-0.2, -0.15) is 0 Å². The highest BCUT2D eigenvalue weighted by Crippen LogP contribution is 2.35. The van der Waals surface area contributed by atoms with Gasteiger partial charge in [-0.05, 0) is 60.3 Å². The molecule has 1 amide bonds. The first-order valence-electron chi connectivity index (χ1n) is 10.8. The van der Waals surface area contributed by atoms with Crippen LogP contribution in [0.15, 0.2) is 36.7 Å². The molecule has 0 saturated carbocycles. The maximum Gasteiger partial charge on any atom is 0.410 e. The number of hydrogen-bond acceptors (Lipinski definition) is 6. The zero-order chi connectivity index (χ0) is 23.9. The smallest absolute Gasteiger partial charge is 0.410 e. The summed E-state index contributed by atoms with van der Waals surface area (Å²) in [6, 6.07) is 7.29. The number of aryl methyl sites for hydroxylation is 1. The second-order valence-electron chi connectivity index (χ2n) is 9.23. The number of ether oxygens (including phenoxy) is 1. The summed E-state index contributed by atoms with van der Waals surface area (Å²) in [6.45, 7) is 9.38. The second-order valence-corrected chi connectivity index (χ2v) is 9.79. The van der Waals surface area contributed by atoms with E-state index in [1.54, 1.807) is 23.2 Å². The molecule has 33 heavy (non-hydrogen) atoms. The van der Waals surface area contributed by atoms with E-state index in [9.17, 15) is 14.9 Å². The minimum atomic E-state index is -0.558. The minimum Gasteiger partial charge on any atom is -0.444 e. The van der Waals surface area contributed by atoms with Gasteiger partial charge < -0.3 is 18.9 Å². The summed E-state index contributed by atoms with van der Waals surface area (Å²) in [6.07, 6.45) is 3.36. The zero-order valence-electron chi connectivity index (χ0n) is 19.2. The Morgan fingerprint density at radius 3 is 2.48 bits per heavy atom. The van der Waals surface area contributed by atoms with E-state index < -0.39 is 5.60 Å². The van der Waals surface area contributed by atoms with Gasteiger partial charge in [0.25, 0.3) is 5.69 Å². The zero-order valence-corrected chi connectivity index (χ0v) is 20.4. The molecular weight excluding hydrogens is 441 g/mol. The van der Waals surface area contributed by atoms with Crippen LogP contribution in [0, 0.1) is 17.0 Å². The molecule has 1 unspecified atom stereocenters. The van der Waals surface area contributed by atoms with Crippen molar-refractivity contribution in [3.63, 3.8) is 0 Å². The highest BCUT2D eigenvalue weighted by molar-refractivity contribution is 7.14. The maximum absolute atomic E-state index is 12.3. The molecule has 0 N–H and O–H groups in total. The molecule has 1 aliphatic rings. The van der Waals surface area contributed by atoms with Gasteiger partial charge in [-0.25, -0.2) is 9.78 Å². The lowest BCUT2D eigenvalue weighted by molar-refractivity contribution is -0.384. The molecule has 0 spiro atoms. The van der Waals surface area contributed by atoms with Crippen LogP contribution in [-0.4, -0.2) is 57.0 Å². The average Bonchev–Trinajstić information content (AvgIpc) is 3.05. The van der Waals surface area contributed by atoms with Crippen molar-refractivity contribution in [2.75, 3.05) is 31.1 Å². The number of piperazine rings is 1. The molecule has 10 heteroatoms. The van der Waals surface area contributed by atoms with Crippen LogP contribution >= 0.6 is 9.39 Å². The van der Waals surface area contributed by atoms with E-state index in [-0.39, 0.29) is 16.7 Å². The normalized spacial score (nSPS) is 14.6. The van der Waals surface area contributed by atoms with Gasteiger partial charge in [-0.3, -0.25) is 10.1 Å². The third kappa shape index (κ3) is 4.78. The predicted molar refractivity (Wildman–Crippen MR) is 132 cm³/mol. The van der Waals surface area contributed by atoms with Crippen LogP contribution < -0.4 is 4.90 Å². The first-order valence-corrected chi connectivity index (χ1v) is 11.3. The van der Waals surface area contributed by atoms with Crippen LogP contribution in [0.4, 0.5) is 16.2 Å². The van der Waals surface area contributed by atoms with Gasteiger partial charge in [0.05, 0.1) is 4.92 Å². The van der Waals surface area contributed by atoms with E-state index in [2.05, 4.69) is 14.4 Å². The van der Waals surface area contributed by atoms with Crippen molar-refractivity contribution in [3.05, 3.63) is 52.3 Å². The van der Waals surface area contributed by atoms with Gasteiger partial charge in [0.1, 0.15) is 16.9 Å². The number of anilines is 1. The standard InChI is InChI=1S/C23H28N5O4P/c1-15-14-27(33)21-18(15)11-17(13-24-21)16-5-6-19(20(12-16)28(30)31)25-7-9-26(10-8-25)22(29)32-23(2,3)4/h5-6,11-14H,7-10,33H2,1-4H3. The number of carbonyl (C=O) groups is 1. The molecular formula is C23H28N5O4P. The highest BCUT2D eigenvalue weighted by Gasteiger charge is 2.28. The molecule has 1 aliphatic heterocycles. The Morgan fingerprint density at radius 2 is 1.85 bits per heavy atom. The Labute approximate surface area is 194 Å². The Bertz CT molecular complexity index is 1230. The lowest BCUT2D eigenvalue weighted by Gasteiger charge is -2.36. The number of nitro benzene ring substituents is 1. The molecule has 0 aliphatic carbocycles. The van der Waals surface area contributed by atoms with Crippen LogP contribution in [0.1, 0.15) is 26.3 Å². The second kappa shape index (κ2) is 8.63. The maximum atomic E-state index is 12.3. The molecule has 2 aromatic heterocycles. The number of carbonyl (C=O) groups excluding carboxylic acids is 1. The molecule has 4 rings (SSSR count). The lowest BCUT2D eigenvalue weighted by atomic mass is 10.0. The van der Waals surface area contributed by atoms with E-state index in [1.165, 1.54) is 0 Å². The van der Waals surface area contributed by atoms with Crippen molar-refractivity contribution in [1.29, 1.82) is 0 Å². The molecule has 0 bridgehead atoms. The number of benzene rings is 1. The van der Waals surface area contributed by atoms with Gasteiger partial charge in [0.2, 0.25) is 0 Å². The third-order valence-corrected chi connectivity index (χ3v) is 6.04. The molecule has 3 aromatic rings. The fraction of sp³-hybridized carbons (Fsp3) is 0.391. The number of nitrogens with zero attached hydrogens (tertiary/aromatic N) is 5. The molecule has 174 valence electrons. The molecule has 9 nitrogen and oxygen atoms in total. The summed E-state index contributed by atoms with van der Waals surface area (Å²) in [5, 5.41) is 12.9. The van der Waals surface area contributed by atoms with Crippen molar-refractivity contribution < 1.29 is 14.5 Å². The highest BCUT2D eigenvalue weighted by atomic mass is 31.0. The third-order valence-electron chi connectivity index (χ3n) is 5.65. The minimum absolute atomic E-state index is 0.0404. The largest absolute Gasteiger partial charge is 0.444 e. The predicted octanol–water partition coefficient (Wildman–Crippen LogP) is 4.62. The molecule has 1 saturated heterocycles. The summed E-state index contributed by atoms with van der Waals surface area (Å²) in [5.74, 6) is 0. The monoisotopic (exact) mass is 469 g/mol. The number of fused-ring (bicyclic) bond motifs is 1. The fourth-order valence-electron chi connectivity index (χ4n) is 4.02. The lowest BCUT2D eigenvalue weighted by Crippen LogP contribution is -2.50. The van der Waals surface area contributed by atoms with Crippen LogP contribution in [0.3, 0.4) is 0 Å². The van der Waals surface area contributed by atoms with Crippen molar-refractivity contribution in [2.45, 2.75) is 33.3 Å². The summed E-state index contributed by atoms with van der Waals surface area (Å²) in [7, 11) is 2.61. The van der Waals surface area contributed by atoms with Gasteiger partial charge >= 0.3 is 6.09 Å². The summed E-state index contributed by atoms with van der Waals surface area (Å²) in [5.41, 5.74) is 3.53. The molecule has 1 aromatic carbocycles. The number of hydrogen-bond donors (Lipinski definition) is 0. The van der Waals surface area contributed by atoms with Gasteiger partial charge in [-0.15, -0.1) is 0 Å². The Kier molecular flexibility index (Phi) is 6.01. The van der Waals surface area contributed by atoms with E-state index in [0.29, 0.717) is 31.9 Å². The topological polar surface area (TPSA) is 93.7 Å². The van der Waals surface area contributed by atoms with E-state index in [4.69, 9.17) is 4.74 Å². The van der Waals surface area contributed by atoms with Crippen LogP contribution in [0.25, 0.3) is 22.2 Å². The van der Waals surface area contributed by atoms with E-state index >= 15 is 0 Å². The van der Waals surface area contributed by atoms with Crippen molar-refractivity contribution in [2.24, 2.45) is 0 Å². The Balaban J connectivity index is 1.57. The van der Waals surface area contributed by atoms with Crippen LogP contribution in [-0.2, 0) is 4.74 Å². The summed E-state index contributed by atoms with van der Waals surface area (Å²) >= 11 is 0. The summed E-state index contributed by atoms with van der Waals surface area (Å²) in [4.78, 5) is 32.0. The first kappa shape index (κ1) is 23.0. The fourth-order valence-corrected chi connectivity index (χ4v) is 4.45. The number of amides is 1. The van der Waals surface area contributed by atoms with Crippen LogP contribution in [0.2, 0.25) is 0 Å². The van der Waals surface area contributed by atoms with Gasteiger partial charge in [0.15, 0.2) is 0 Å².